The Morgan fingerprint density at radius 3 is 2.92 bits per heavy atom. The summed E-state index contributed by atoms with van der Waals surface area (Å²) in [4.78, 5) is 20.8. The fourth-order valence-corrected chi connectivity index (χ4v) is 3.19. The van der Waals surface area contributed by atoms with Crippen LogP contribution in [0.1, 0.15) is 24.6 Å². The molecule has 1 aliphatic carbocycles. The fourth-order valence-electron chi connectivity index (χ4n) is 2.35. The highest BCUT2D eigenvalue weighted by Crippen LogP contribution is 2.38. The molecular weight excluding hydrogens is 372 g/mol. The van der Waals surface area contributed by atoms with E-state index in [9.17, 15) is 4.79 Å². The Morgan fingerprint density at radius 1 is 1.31 bits per heavy atom. The lowest BCUT2D eigenvalue weighted by Gasteiger charge is -2.05. The Hall–Kier alpha value is -2.38. The monoisotopic (exact) mass is 386 g/mol. The maximum atomic E-state index is 12.0. The zero-order valence-corrected chi connectivity index (χ0v) is 15.3. The molecular formula is C18H15ClN4O2S. The largest absolute Gasteiger partial charge is 0.334 e. The SMILES string of the molecule is O=C(CSc1ccc(-c2nc(C3CC3)no2)cn1)Nc1cccc(Cl)c1. The number of halogens is 1. The number of nitrogens with one attached hydrogen (secondary N) is 1. The van der Waals surface area contributed by atoms with Gasteiger partial charge in [0.1, 0.15) is 0 Å². The normalized spacial score (nSPS) is 13.6. The van der Waals surface area contributed by atoms with E-state index in [1.54, 1.807) is 30.5 Å². The van der Waals surface area contributed by atoms with Crippen LogP contribution in [0.15, 0.2) is 52.1 Å². The van der Waals surface area contributed by atoms with Crippen molar-refractivity contribution >= 4 is 35.0 Å². The van der Waals surface area contributed by atoms with Gasteiger partial charge in [-0.2, -0.15) is 4.98 Å². The van der Waals surface area contributed by atoms with Crippen LogP contribution in [0.2, 0.25) is 5.02 Å². The molecule has 0 atom stereocenters. The lowest BCUT2D eigenvalue weighted by atomic mass is 10.3. The molecule has 1 amide bonds. The topological polar surface area (TPSA) is 80.9 Å². The van der Waals surface area contributed by atoms with Gasteiger partial charge in [0, 0.05) is 22.8 Å². The number of benzene rings is 1. The lowest BCUT2D eigenvalue weighted by Crippen LogP contribution is -2.13. The van der Waals surface area contributed by atoms with Crippen molar-refractivity contribution in [2.24, 2.45) is 0 Å². The number of nitrogens with zero attached hydrogens (tertiary/aromatic N) is 3. The summed E-state index contributed by atoms with van der Waals surface area (Å²) >= 11 is 7.26. The van der Waals surface area contributed by atoms with E-state index in [0.29, 0.717) is 22.5 Å². The molecule has 0 unspecified atom stereocenters. The van der Waals surface area contributed by atoms with Crippen molar-refractivity contribution in [1.29, 1.82) is 0 Å². The molecule has 2 heterocycles. The second-order valence-electron chi connectivity index (χ2n) is 5.96. The number of pyridine rings is 1. The molecule has 132 valence electrons. The molecule has 26 heavy (non-hydrogen) atoms. The number of anilines is 1. The van der Waals surface area contributed by atoms with Crippen LogP contribution in [-0.4, -0.2) is 26.8 Å². The number of carbonyl (C=O) groups excluding carboxylic acids is 1. The van der Waals surface area contributed by atoms with Crippen molar-refractivity contribution in [3.63, 3.8) is 0 Å². The Bertz CT molecular complexity index is 925. The Labute approximate surface area is 159 Å². The second kappa shape index (κ2) is 7.47. The smallest absolute Gasteiger partial charge is 0.259 e. The number of thioether (sulfide) groups is 1. The average Bonchev–Trinajstić information content (AvgIpc) is 3.38. The molecule has 4 rings (SSSR count). The molecule has 2 aromatic heterocycles. The highest BCUT2D eigenvalue weighted by molar-refractivity contribution is 7.99. The van der Waals surface area contributed by atoms with Crippen LogP contribution in [0.4, 0.5) is 5.69 Å². The predicted octanol–water partition coefficient (Wildman–Crippen LogP) is 4.39. The van der Waals surface area contributed by atoms with Crippen LogP contribution >= 0.6 is 23.4 Å². The van der Waals surface area contributed by atoms with Crippen LogP contribution in [-0.2, 0) is 4.79 Å². The van der Waals surface area contributed by atoms with Crippen molar-refractivity contribution in [3.05, 3.63) is 53.4 Å². The summed E-state index contributed by atoms with van der Waals surface area (Å²) in [6.45, 7) is 0. The Kier molecular flexibility index (Phi) is 4.90. The molecule has 1 aromatic carbocycles. The summed E-state index contributed by atoms with van der Waals surface area (Å²) in [6, 6.07) is 10.8. The molecule has 0 saturated heterocycles. The molecule has 0 aliphatic heterocycles. The molecule has 1 N–H and O–H groups in total. The molecule has 8 heteroatoms. The fraction of sp³-hybridized carbons (Fsp3) is 0.222. The van der Waals surface area contributed by atoms with Gasteiger partial charge < -0.3 is 9.84 Å². The molecule has 1 aliphatic rings. The maximum Gasteiger partial charge on any atom is 0.259 e. The predicted molar refractivity (Wildman–Crippen MR) is 100 cm³/mol. The van der Waals surface area contributed by atoms with Crippen molar-refractivity contribution in [1.82, 2.24) is 15.1 Å². The number of carbonyl (C=O) groups is 1. The van der Waals surface area contributed by atoms with Gasteiger partial charge in [0.25, 0.3) is 5.89 Å². The van der Waals surface area contributed by atoms with Crippen molar-refractivity contribution in [2.45, 2.75) is 23.8 Å². The number of rotatable bonds is 6. The minimum absolute atomic E-state index is 0.117. The summed E-state index contributed by atoms with van der Waals surface area (Å²) < 4.78 is 5.28. The zero-order chi connectivity index (χ0) is 17.9. The van der Waals surface area contributed by atoms with Gasteiger partial charge in [-0.25, -0.2) is 4.98 Å². The quantitative estimate of drug-likeness (QED) is 0.632. The van der Waals surface area contributed by atoms with Crippen LogP contribution in [0, 0.1) is 0 Å². The molecule has 6 nitrogen and oxygen atoms in total. The van der Waals surface area contributed by atoms with Gasteiger partial charge in [0.2, 0.25) is 5.91 Å². The maximum absolute atomic E-state index is 12.0. The zero-order valence-electron chi connectivity index (χ0n) is 13.7. The number of amides is 1. The van der Waals surface area contributed by atoms with Crippen molar-refractivity contribution < 1.29 is 9.32 Å². The van der Waals surface area contributed by atoms with E-state index in [2.05, 4.69) is 20.4 Å². The van der Waals surface area contributed by atoms with E-state index >= 15 is 0 Å². The molecule has 1 saturated carbocycles. The molecule has 1 fully saturated rings. The highest BCUT2D eigenvalue weighted by atomic mass is 35.5. The number of aromatic nitrogens is 3. The third-order valence-corrected chi connectivity index (χ3v) is 5.01. The molecule has 0 radical (unpaired) electrons. The van der Waals surface area contributed by atoms with E-state index < -0.39 is 0 Å². The van der Waals surface area contributed by atoms with Crippen LogP contribution in [0.5, 0.6) is 0 Å². The van der Waals surface area contributed by atoms with Gasteiger partial charge in [0.15, 0.2) is 5.82 Å². The molecule has 3 aromatic rings. The summed E-state index contributed by atoms with van der Waals surface area (Å²) in [5.74, 6) is 1.85. The van der Waals surface area contributed by atoms with Crippen molar-refractivity contribution in [3.8, 4) is 11.5 Å². The third kappa shape index (κ3) is 4.23. The minimum Gasteiger partial charge on any atom is -0.334 e. The minimum atomic E-state index is -0.117. The van der Waals surface area contributed by atoms with E-state index in [1.807, 2.05) is 12.1 Å². The first-order valence-electron chi connectivity index (χ1n) is 8.15. The molecule has 0 spiro atoms. The van der Waals surface area contributed by atoms with Gasteiger partial charge in [-0.3, -0.25) is 4.79 Å². The van der Waals surface area contributed by atoms with Gasteiger partial charge in [-0.1, -0.05) is 34.6 Å². The first-order chi connectivity index (χ1) is 12.7. The first-order valence-corrected chi connectivity index (χ1v) is 9.52. The standard InChI is InChI=1S/C18H15ClN4O2S/c19-13-2-1-3-14(8-13)21-15(24)10-26-16-7-6-12(9-20-16)18-22-17(23-25-18)11-4-5-11/h1-3,6-9,11H,4-5,10H2,(H,21,24). The Morgan fingerprint density at radius 2 is 2.19 bits per heavy atom. The Balaban J connectivity index is 1.32. The van der Waals surface area contributed by atoms with Gasteiger partial charge >= 0.3 is 0 Å². The van der Waals surface area contributed by atoms with Gasteiger partial charge in [0.05, 0.1) is 16.3 Å². The summed E-state index contributed by atoms with van der Waals surface area (Å²) in [6.07, 6.45) is 3.94. The first kappa shape index (κ1) is 17.1. The van der Waals surface area contributed by atoms with Crippen LogP contribution in [0.3, 0.4) is 0 Å². The van der Waals surface area contributed by atoms with Gasteiger partial charge in [-0.05, 0) is 43.2 Å². The van der Waals surface area contributed by atoms with Crippen LogP contribution in [0.25, 0.3) is 11.5 Å². The summed E-state index contributed by atoms with van der Waals surface area (Å²) in [7, 11) is 0. The van der Waals surface area contributed by atoms with Crippen LogP contribution < -0.4 is 5.32 Å². The number of hydrogen-bond acceptors (Lipinski definition) is 6. The second-order valence-corrected chi connectivity index (χ2v) is 7.40. The van der Waals surface area contributed by atoms with E-state index in [-0.39, 0.29) is 11.7 Å². The number of hydrogen-bond donors (Lipinski definition) is 1. The third-order valence-electron chi connectivity index (χ3n) is 3.83. The van der Waals surface area contributed by atoms with E-state index in [1.165, 1.54) is 11.8 Å². The lowest BCUT2D eigenvalue weighted by molar-refractivity contribution is -0.113. The summed E-state index contributed by atoms with van der Waals surface area (Å²) in [5.41, 5.74) is 1.45. The summed E-state index contributed by atoms with van der Waals surface area (Å²) in [5, 5.41) is 8.13. The highest BCUT2D eigenvalue weighted by Gasteiger charge is 2.29. The molecule has 0 bridgehead atoms. The van der Waals surface area contributed by atoms with Gasteiger partial charge in [-0.15, -0.1) is 0 Å². The average molecular weight is 387 g/mol. The van der Waals surface area contributed by atoms with E-state index in [4.69, 9.17) is 16.1 Å². The van der Waals surface area contributed by atoms with Crippen molar-refractivity contribution in [2.75, 3.05) is 11.1 Å². The van der Waals surface area contributed by atoms with E-state index in [0.717, 1.165) is 29.3 Å².